The van der Waals surface area contributed by atoms with E-state index in [0.717, 1.165) is 70.8 Å². The highest BCUT2D eigenvalue weighted by Gasteiger charge is 2.30. The third-order valence-corrected chi connectivity index (χ3v) is 6.90. The predicted molar refractivity (Wildman–Crippen MR) is 144 cm³/mol. The maximum atomic E-state index is 6.27. The lowest BCUT2D eigenvalue weighted by Gasteiger charge is -2.42. The van der Waals surface area contributed by atoms with Crippen molar-refractivity contribution < 1.29 is 14.2 Å². The van der Waals surface area contributed by atoms with E-state index in [-0.39, 0.29) is 11.6 Å². The molecule has 1 aromatic carbocycles. The van der Waals surface area contributed by atoms with Gasteiger partial charge in [0.1, 0.15) is 23.8 Å². The fourth-order valence-corrected chi connectivity index (χ4v) is 5.15. The Hall–Kier alpha value is -2.42. The first-order valence-electron chi connectivity index (χ1n) is 12.4. The minimum absolute atomic E-state index is 0.0242. The van der Waals surface area contributed by atoms with Gasteiger partial charge in [-0.1, -0.05) is 0 Å². The molecule has 1 N–H and O–H groups in total. The van der Waals surface area contributed by atoms with Crippen LogP contribution in [0.5, 0.6) is 11.5 Å². The van der Waals surface area contributed by atoms with Gasteiger partial charge in [-0.05, 0) is 60.6 Å². The summed E-state index contributed by atoms with van der Waals surface area (Å²) < 4.78 is 18.1. The van der Waals surface area contributed by atoms with Gasteiger partial charge >= 0.3 is 0 Å². The molecule has 1 fully saturated rings. The second kappa shape index (κ2) is 10.7. The first kappa shape index (κ1) is 25.7. The second-order valence-electron chi connectivity index (χ2n) is 10.3. The topological polar surface area (TPSA) is 68.7 Å². The molecule has 8 heteroatoms. The Labute approximate surface area is 212 Å². The number of anilines is 1. The molecule has 1 saturated heterocycles. The van der Waals surface area contributed by atoms with Crippen molar-refractivity contribution in [2.75, 3.05) is 38.2 Å². The highest BCUT2D eigenvalue weighted by Crippen LogP contribution is 2.36. The lowest BCUT2D eigenvalue weighted by Crippen LogP contribution is -2.54. The van der Waals surface area contributed by atoms with Crippen molar-refractivity contribution in [3.63, 3.8) is 0 Å². The minimum Gasteiger partial charge on any atom is -0.492 e. The van der Waals surface area contributed by atoms with E-state index in [4.69, 9.17) is 24.2 Å². The van der Waals surface area contributed by atoms with Crippen LogP contribution in [0.25, 0.3) is 22.3 Å². The summed E-state index contributed by atoms with van der Waals surface area (Å²) in [4.78, 5) is 12.2. The molecule has 0 aliphatic carbocycles. The maximum Gasteiger partial charge on any atom is 0.183 e. The molecule has 0 spiro atoms. The number of morpholine rings is 1. The summed E-state index contributed by atoms with van der Waals surface area (Å²) in [5.74, 6) is 1.67. The predicted octanol–water partition coefficient (Wildman–Crippen LogP) is 5.76. The van der Waals surface area contributed by atoms with Crippen LogP contribution in [0.1, 0.15) is 47.1 Å². The Balaban J connectivity index is 1.62. The number of thiazole rings is 1. The molecule has 0 radical (unpaired) electrons. The minimum atomic E-state index is 0.0242. The lowest BCUT2D eigenvalue weighted by atomic mass is 10.0. The van der Waals surface area contributed by atoms with Crippen LogP contribution in [0.3, 0.4) is 0 Å². The number of rotatable bonds is 9. The molecular formula is C27H38N4O3S. The van der Waals surface area contributed by atoms with Gasteiger partial charge in [0.15, 0.2) is 5.13 Å². The summed E-state index contributed by atoms with van der Waals surface area (Å²) in [6, 6.07) is 6.40. The normalized spacial score (nSPS) is 16.3. The molecular weight excluding hydrogens is 460 g/mol. The second-order valence-corrected chi connectivity index (χ2v) is 11.2. The van der Waals surface area contributed by atoms with E-state index in [9.17, 15) is 0 Å². The Bertz CT molecular complexity index is 1160. The summed E-state index contributed by atoms with van der Waals surface area (Å²) in [5, 5.41) is 7.29. The van der Waals surface area contributed by atoms with E-state index < -0.39 is 0 Å². The summed E-state index contributed by atoms with van der Waals surface area (Å²) in [6.07, 6.45) is 0.0511. The molecule has 4 rings (SSSR count). The van der Waals surface area contributed by atoms with E-state index in [1.807, 2.05) is 31.4 Å². The van der Waals surface area contributed by atoms with Gasteiger partial charge in [0.2, 0.25) is 0 Å². The monoisotopic (exact) mass is 498 g/mol. The van der Waals surface area contributed by atoms with Gasteiger partial charge in [-0.15, -0.1) is 11.3 Å². The molecule has 0 amide bonds. The average Bonchev–Trinajstić information content (AvgIpc) is 3.24. The van der Waals surface area contributed by atoms with E-state index in [2.05, 4.69) is 50.9 Å². The average molecular weight is 499 g/mol. The quantitative estimate of drug-likeness (QED) is 0.402. The van der Waals surface area contributed by atoms with Crippen molar-refractivity contribution in [3.05, 3.63) is 29.1 Å². The van der Waals surface area contributed by atoms with Crippen molar-refractivity contribution in [3.8, 4) is 22.9 Å². The van der Waals surface area contributed by atoms with Gasteiger partial charge in [-0.3, -0.25) is 4.90 Å². The summed E-state index contributed by atoms with van der Waals surface area (Å²) in [7, 11) is 0. The van der Waals surface area contributed by atoms with Crippen LogP contribution in [0.15, 0.2) is 23.6 Å². The summed E-state index contributed by atoms with van der Waals surface area (Å²) in [6.45, 7) is 18.7. The lowest BCUT2D eigenvalue weighted by molar-refractivity contribution is -0.0547. The van der Waals surface area contributed by atoms with Crippen LogP contribution in [0, 0.1) is 6.92 Å². The number of hydrogen-bond donors (Lipinski definition) is 1. The maximum absolute atomic E-state index is 6.27. The van der Waals surface area contributed by atoms with Crippen LogP contribution in [0.2, 0.25) is 0 Å². The number of fused-ring (bicyclic) bond motifs is 1. The molecule has 0 saturated carbocycles. The smallest absolute Gasteiger partial charge is 0.183 e. The van der Waals surface area contributed by atoms with Crippen LogP contribution in [0.4, 0.5) is 5.13 Å². The van der Waals surface area contributed by atoms with Crippen LogP contribution < -0.4 is 14.8 Å². The summed E-state index contributed by atoms with van der Waals surface area (Å²) in [5.41, 5.74) is 3.56. The van der Waals surface area contributed by atoms with Gasteiger partial charge < -0.3 is 19.5 Å². The molecule has 35 heavy (non-hydrogen) atoms. The zero-order valence-corrected chi connectivity index (χ0v) is 22.8. The Morgan fingerprint density at radius 1 is 1.14 bits per heavy atom. The van der Waals surface area contributed by atoms with Crippen molar-refractivity contribution in [1.29, 1.82) is 0 Å². The van der Waals surface area contributed by atoms with E-state index in [0.29, 0.717) is 12.6 Å². The molecule has 0 unspecified atom stereocenters. The molecule has 3 aromatic rings. The Kier molecular flexibility index (Phi) is 7.83. The number of aryl methyl sites for hydroxylation is 1. The SMILES string of the molecule is Cc1c(OCCN2CCOCC2(C)C)ccc2c(OC(C)C)cc(-c3csc(NC(C)C)n3)nc12. The molecule has 1 aliphatic rings. The number of nitrogens with one attached hydrogen (secondary N) is 1. The fraction of sp³-hybridized carbons (Fsp3) is 0.556. The number of aromatic nitrogens is 2. The zero-order chi connectivity index (χ0) is 25.2. The van der Waals surface area contributed by atoms with Gasteiger partial charge in [0.05, 0.1) is 30.5 Å². The fourth-order valence-electron chi connectivity index (χ4n) is 4.29. The van der Waals surface area contributed by atoms with E-state index >= 15 is 0 Å². The molecule has 190 valence electrons. The number of ether oxygens (including phenoxy) is 3. The van der Waals surface area contributed by atoms with E-state index in [1.165, 1.54) is 0 Å². The molecule has 0 atom stereocenters. The zero-order valence-electron chi connectivity index (χ0n) is 22.0. The number of nitrogens with zero attached hydrogens (tertiary/aromatic N) is 3. The van der Waals surface area contributed by atoms with Gasteiger partial charge in [-0.25, -0.2) is 9.97 Å². The first-order chi connectivity index (χ1) is 16.6. The molecule has 1 aliphatic heterocycles. The Morgan fingerprint density at radius 3 is 2.66 bits per heavy atom. The Morgan fingerprint density at radius 2 is 1.94 bits per heavy atom. The van der Waals surface area contributed by atoms with Crippen LogP contribution in [-0.2, 0) is 4.74 Å². The standard InChI is InChI=1S/C27H38N4O3S/c1-17(2)28-26-30-22(15-35-26)21-14-24(34-18(3)4)20-8-9-23(19(5)25(20)29-21)33-13-11-31-10-12-32-16-27(31,6)7/h8-9,14-15,17-18H,10-13,16H2,1-7H3,(H,28,30). The van der Waals surface area contributed by atoms with Gasteiger partial charge in [0, 0.05) is 47.1 Å². The van der Waals surface area contributed by atoms with E-state index in [1.54, 1.807) is 11.3 Å². The largest absolute Gasteiger partial charge is 0.492 e. The van der Waals surface area contributed by atoms with Crippen molar-refractivity contribution in [2.24, 2.45) is 0 Å². The van der Waals surface area contributed by atoms with Crippen molar-refractivity contribution >= 4 is 27.4 Å². The highest BCUT2D eigenvalue weighted by atomic mass is 32.1. The third-order valence-electron chi connectivity index (χ3n) is 6.12. The molecule has 2 aromatic heterocycles. The third kappa shape index (κ3) is 6.05. The first-order valence-corrected chi connectivity index (χ1v) is 13.3. The van der Waals surface area contributed by atoms with Crippen molar-refractivity contribution in [1.82, 2.24) is 14.9 Å². The molecule has 3 heterocycles. The summed E-state index contributed by atoms with van der Waals surface area (Å²) >= 11 is 1.59. The van der Waals surface area contributed by atoms with Crippen LogP contribution in [-0.4, -0.2) is 65.5 Å². The van der Waals surface area contributed by atoms with Crippen molar-refractivity contribution in [2.45, 2.75) is 66.2 Å². The highest BCUT2D eigenvalue weighted by molar-refractivity contribution is 7.14. The van der Waals surface area contributed by atoms with Gasteiger partial charge in [0.25, 0.3) is 0 Å². The molecule has 0 bridgehead atoms. The number of pyridine rings is 1. The van der Waals surface area contributed by atoms with Crippen LogP contribution >= 0.6 is 11.3 Å². The molecule has 7 nitrogen and oxygen atoms in total. The van der Waals surface area contributed by atoms with Gasteiger partial charge in [-0.2, -0.15) is 0 Å². The number of hydrogen-bond acceptors (Lipinski definition) is 8. The number of benzene rings is 1.